The van der Waals surface area contributed by atoms with Crippen LogP contribution in [-0.4, -0.2) is 22.3 Å². The predicted octanol–water partition coefficient (Wildman–Crippen LogP) is 3.05. The molecule has 0 aliphatic carbocycles. The first kappa shape index (κ1) is 14.4. The van der Waals surface area contributed by atoms with E-state index in [1.807, 2.05) is 6.07 Å². The third kappa shape index (κ3) is 2.79. The SMILES string of the molecule is COc1cc(/C(O)=C(\C#N)c2ccccn2)cc(C)c1O. The molecule has 1 aromatic carbocycles. The van der Waals surface area contributed by atoms with Crippen LogP contribution in [0.15, 0.2) is 36.5 Å². The molecule has 0 saturated carbocycles. The molecule has 0 spiro atoms. The molecule has 0 saturated heterocycles. The Kier molecular flexibility index (Phi) is 4.10. The predicted molar refractivity (Wildman–Crippen MR) is 78.7 cm³/mol. The van der Waals surface area contributed by atoms with Gasteiger partial charge in [-0.3, -0.25) is 4.98 Å². The van der Waals surface area contributed by atoms with Crippen molar-refractivity contribution in [1.29, 1.82) is 5.26 Å². The minimum Gasteiger partial charge on any atom is -0.506 e. The van der Waals surface area contributed by atoms with E-state index in [1.54, 1.807) is 37.4 Å². The number of ether oxygens (including phenoxy) is 1. The average Bonchev–Trinajstić information content (AvgIpc) is 2.51. The van der Waals surface area contributed by atoms with Gasteiger partial charge in [-0.25, -0.2) is 0 Å². The number of phenols is 1. The van der Waals surface area contributed by atoms with Crippen molar-refractivity contribution in [2.45, 2.75) is 6.92 Å². The van der Waals surface area contributed by atoms with Gasteiger partial charge in [-0.15, -0.1) is 0 Å². The number of nitrogens with zero attached hydrogens (tertiary/aromatic N) is 2. The van der Waals surface area contributed by atoms with Gasteiger partial charge in [0.1, 0.15) is 17.4 Å². The molecular formula is C16H14N2O3. The van der Waals surface area contributed by atoms with Crippen molar-refractivity contribution in [1.82, 2.24) is 4.98 Å². The van der Waals surface area contributed by atoms with Gasteiger partial charge in [0, 0.05) is 11.8 Å². The van der Waals surface area contributed by atoms with Crippen molar-refractivity contribution >= 4 is 11.3 Å². The fourth-order valence-electron chi connectivity index (χ4n) is 1.93. The first-order valence-corrected chi connectivity index (χ1v) is 6.21. The summed E-state index contributed by atoms with van der Waals surface area (Å²) in [6, 6.07) is 10.1. The Hall–Kier alpha value is -3.00. The maximum Gasteiger partial charge on any atom is 0.161 e. The van der Waals surface area contributed by atoms with Crippen LogP contribution in [0.4, 0.5) is 0 Å². The van der Waals surface area contributed by atoms with Crippen molar-refractivity contribution in [3.8, 4) is 17.6 Å². The number of aromatic hydroxyl groups is 1. The second-order valence-electron chi connectivity index (χ2n) is 4.39. The highest BCUT2D eigenvalue weighted by atomic mass is 16.5. The number of aryl methyl sites for hydroxylation is 1. The highest BCUT2D eigenvalue weighted by Gasteiger charge is 2.15. The standard InChI is InChI=1S/C16H14N2O3/c1-10-7-11(8-14(21-2)15(10)19)16(20)12(9-17)13-5-3-4-6-18-13/h3-8,19-20H,1-2H3/b16-12-. The Bertz CT molecular complexity index is 731. The normalized spacial score (nSPS) is 11.5. The Morgan fingerprint density at radius 3 is 2.67 bits per heavy atom. The van der Waals surface area contributed by atoms with Gasteiger partial charge in [-0.2, -0.15) is 5.26 Å². The summed E-state index contributed by atoms with van der Waals surface area (Å²) in [6.45, 7) is 1.68. The maximum absolute atomic E-state index is 10.3. The van der Waals surface area contributed by atoms with Crippen molar-refractivity contribution < 1.29 is 14.9 Å². The van der Waals surface area contributed by atoms with Gasteiger partial charge in [0.05, 0.1) is 12.8 Å². The monoisotopic (exact) mass is 282 g/mol. The summed E-state index contributed by atoms with van der Waals surface area (Å²) in [7, 11) is 1.42. The van der Waals surface area contributed by atoms with Crippen molar-refractivity contribution in [2.24, 2.45) is 0 Å². The molecule has 5 nitrogen and oxygen atoms in total. The number of pyridine rings is 1. The first-order valence-electron chi connectivity index (χ1n) is 6.21. The van der Waals surface area contributed by atoms with E-state index < -0.39 is 0 Å². The smallest absolute Gasteiger partial charge is 0.161 e. The Morgan fingerprint density at radius 1 is 1.33 bits per heavy atom. The average molecular weight is 282 g/mol. The van der Waals surface area contributed by atoms with Crippen LogP contribution in [0.5, 0.6) is 11.5 Å². The van der Waals surface area contributed by atoms with E-state index in [0.717, 1.165) is 0 Å². The van der Waals surface area contributed by atoms with Crippen LogP contribution in [-0.2, 0) is 0 Å². The summed E-state index contributed by atoms with van der Waals surface area (Å²) in [5.74, 6) is 0.0258. The number of aliphatic hydroxyl groups excluding tert-OH is 1. The highest BCUT2D eigenvalue weighted by molar-refractivity contribution is 5.93. The molecule has 1 aromatic heterocycles. The van der Waals surface area contributed by atoms with Crippen LogP contribution in [0.1, 0.15) is 16.8 Å². The molecule has 2 rings (SSSR count). The molecule has 0 unspecified atom stereocenters. The van der Waals surface area contributed by atoms with Crippen LogP contribution in [0.2, 0.25) is 0 Å². The molecule has 1 heterocycles. The third-order valence-corrected chi connectivity index (χ3v) is 3.03. The van der Waals surface area contributed by atoms with E-state index in [2.05, 4.69) is 4.98 Å². The van der Waals surface area contributed by atoms with E-state index >= 15 is 0 Å². The lowest BCUT2D eigenvalue weighted by atomic mass is 10.0. The van der Waals surface area contributed by atoms with Gasteiger partial charge in [0.25, 0.3) is 0 Å². The fourth-order valence-corrected chi connectivity index (χ4v) is 1.93. The molecule has 0 amide bonds. The van der Waals surface area contributed by atoms with Crippen molar-refractivity contribution in [3.05, 3.63) is 53.3 Å². The van der Waals surface area contributed by atoms with E-state index in [9.17, 15) is 15.5 Å². The van der Waals surface area contributed by atoms with Gasteiger partial charge in [0.2, 0.25) is 0 Å². The zero-order valence-electron chi connectivity index (χ0n) is 11.7. The number of benzene rings is 1. The molecule has 0 bridgehead atoms. The molecule has 0 atom stereocenters. The van der Waals surface area contributed by atoms with Crippen LogP contribution < -0.4 is 4.74 Å². The Morgan fingerprint density at radius 2 is 2.10 bits per heavy atom. The quantitative estimate of drug-likeness (QED) is 0.667. The zero-order valence-corrected chi connectivity index (χ0v) is 11.7. The van der Waals surface area contributed by atoms with Crippen LogP contribution in [0, 0.1) is 18.3 Å². The molecule has 5 heteroatoms. The van der Waals surface area contributed by atoms with E-state index in [4.69, 9.17) is 4.74 Å². The summed E-state index contributed by atoms with van der Waals surface area (Å²) in [6.07, 6.45) is 1.54. The molecule has 0 aliphatic rings. The van der Waals surface area contributed by atoms with Crippen LogP contribution in [0.3, 0.4) is 0 Å². The number of aromatic nitrogens is 1. The Labute approximate surface area is 122 Å². The number of phenolic OH excluding ortho intramolecular Hbond substituents is 1. The summed E-state index contributed by atoms with van der Waals surface area (Å²) in [4.78, 5) is 4.06. The number of aliphatic hydroxyl groups is 1. The molecule has 2 aromatic rings. The van der Waals surface area contributed by atoms with Crippen LogP contribution in [0.25, 0.3) is 11.3 Å². The van der Waals surface area contributed by atoms with Gasteiger partial charge < -0.3 is 14.9 Å². The third-order valence-electron chi connectivity index (χ3n) is 3.03. The second-order valence-corrected chi connectivity index (χ2v) is 4.39. The summed E-state index contributed by atoms with van der Waals surface area (Å²) in [5, 5.41) is 29.4. The lowest BCUT2D eigenvalue weighted by molar-refractivity contribution is 0.371. The molecule has 2 N–H and O–H groups in total. The molecule has 106 valence electrons. The minimum atomic E-state index is -0.211. The molecule has 0 aliphatic heterocycles. The number of hydrogen-bond acceptors (Lipinski definition) is 5. The van der Waals surface area contributed by atoms with Crippen molar-refractivity contribution in [3.63, 3.8) is 0 Å². The summed E-state index contributed by atoms with van der Waals surface area (Å²) in [5.41, 5.74) is 1.35. The zero-order chi connectivity index (χ0) is 15.4. The van der Waals surface area contributed by atoms with Crippen LogP contribution >= 0.6 is 0 Å². The van der Waals surface area contributed by atoms with Gasteiger partial charge in [-0.1, -0.05) is 6.07 Å². The molecule has 21 heavy (non-hydrogen) atoms. The number of rotatable bonds is 3. The van der Waals surface area contributed by atoms with Gasteiger partial charge in [-0.05, 0) is 36.8 Å². The highest BCUT2D eigenvalue weighted by Crippen LogP contribution is 2.34. The minimum absolute atomic E-state index is 0.00499. The summed E-state index contributed by atoms with van der Waals surface area (Å²) >= 11 is 0. The lowest BCUT2D eigenvalue weighted by Gasteiger charge is -2.10. The summed E-state index contributed by atoms with van der Waals surface area (Å²) < 4.78 is 5.05. The van der Waals surface area contributed by atoms with E-state index in [0.29, 0.717) is 16.8 Å². The molecular weight excluding hydrogens is 268 g/mol. The first-order chi connectivity index (χ1) is 10.1. The number of methoxy groups -OCH3 is 1. The molecule has 0 fully saturated rings. The van der Waals surface area contributed by atoms with E-state index in [-0.39, 0.29) is 22.8 Å². The maximum atomic E-state index is 10.3. The van der Waals surface area contributed by atoms with E-state index in [1.165, 1.54) is 13.2 Å². The largest absolute Gasteiger partial charge is 0.506 e. The number of hydrogen-bond donors (Lipinski definition) is 2. The lowest BCUT2D eigenvalue weighted by Crippen LogP contribution is -1.95. The van der Waals surface area contributed by atoms with Crippen molar-refractivity contribution in [2.75, 3.05) is 7.11 Å². The van der Waals surface area contributed by atoms with Gasteiger partial charge >= 0.3 is 0 Å². The van der Waals surface area contributed by atoms with Gasteiger partial charge in [0.15, 0.2) is 11.5 Å². The number of nitriles is 1. The topological polar surface area (TPSA) is 86.4 Å². The number of allylic oxidation sites excluding steroid dienone is 1. The second kappa shape index (κ2) is 5.97. The Balaban J connectivity index is 2.62. The molecule has 0 radical (unpaired) electrons. The fraction of sp³-hybridized carbons (Fsp3) is 0.125.